The third-order valence-electron chi connectivity index (χ3n) is 28.1. The molecule has 4 amide bonds. The van der Waals surface area contributed by atoms with Crippen LogP contribution in [0.3, 0.4) is 0 Å². The van der Waals surface area contributed by atoms with Crippen molar-refractivity contribution in [2.45, 2.75) is 145 Å². The standard InChI is InChI=1S/C27H27Cl2F3N2O2.C26H23Cl2F3N2O2.C26H25Cl2F3N2O2.C25H23Cl2F3N2O2/c1-15-10-18(27(30,31)32)12-24-21(15)13-19(33(24)3)14-22-23(28)5-4-20(25(22)29)26(36)34-8-6-17(7-9-34)11-16(2)35;1-12-6-14(26(29,30)31)7-22-17(12)8-15(32(22)3)9-18-21(27)5-4-16(24(18)28)25(35)33-10-19-20(11-33)23(19)13(2)34;1-14-8-17(26(29,30)31)10-23-20(14)11-18(32(23)3)12-21-22(27)5-4-19(24(21)28)25(35)33-7-6-16(13-33)9-15(2)34;1-13-7-15(25(28,29)30)8-21-18(13)9-16(31(21)4)10-19-20(26)6-5-17(22(19)27)23(34)32-11-24(3,12-32)14(2)33/h4-5,10,12-13,17H,6-9,11,14H2,1-3H3;4-8,19-20,23H,9-11H2,1-3H3;4-5,8,10-11,16H,6-7,9,12-13H2,1-3H3;5-9H,10-12H2,1-4H3/t;19-,20+,23?;;. The molecule has 140 heavy (non-hydrogen) atoms. The summed E-state index contributed by atoms with van der Waals surface area (Å²) in [5.74, 6) is 0.488. The zero-order chi connectivity index (χ0) is 103. The molecule has 5 aliphatic rings. The van der Waals surface area contributed by atoms with Gasteiger partial charge < -0.3 is 47.5 Å². The van der Waals surface area contributed by atoms with Gasteiger partial charge in [-0.2, -0.15) is 52.7 Å². The normalized spacial score (nSPS) is 17.1. The molecule has 5 fully saturated rings. The Hall–Kier alpha value is -10.0. The van der Waals surface area contributed by atoms with Gasteiger partial charge in [0.25, 0.3) is 23.6 Å². The van der Waals surface area contributed by atoms with Crippen LogP contribution in [0, 0.1) is 62.7 Å². The van der Waals surface area contributed by atoms with E-state index in [9.17, 15) is 91.0 Å². The first-order chi connectivity index (χ1) is 65.3. The van der Waals surface area contributed by atoms with Gasteiger partial charge in [0.2, 0.25) is 0 Å². The van der Waals surface area contributed by atoms with Crippen LogP contribution in [0.25, 0.3) is 43.6 Å². The number of Topliss-reactive ketones (excluding diaryl/α,β-unsaturated/α-hetero) is 4. The summed E-state index contributed by atoms with van der Waals surface area (Å²) in [6, 6.07) is 29.3. The number of aromatic nitrogens is 4. The summed E-state index contributed by atoms with van der Waals surface area (Å²) in [6.45, 7) is 18.5. The van der Waals surface area contributed by atoms with Crippen LogP contribution < -0.4 is 0 Å². The first-order valence-corrected chi connectivity index (χ1v) is 48.1. The minimum atomic E-state index is -4.44. The number of aryl methyl sites for hydroxylation is 8. The zero-order valence-electron chi connectivity index (χ0n) is 78.4. The maximum Gasteiger partial charge on any atom is 0.416 e. The van der Waals surface area contributed by atoms with Crippen molar-refractivity contribution in [2.75, 3.05) is 52.4 Å². The number of amides is 4. The number of fused-ring (bicyclic) bond motifs is 5. The molecule has 4 atom stereocenters. The highest BCUT2D eigenvalue weighted by Crippen LogP contribution is 2.53. The van der Waals surface area contributed by atoms with Gasteiger partial charge >= 0.3 is 24.7 Å². The predicted octanol–water partition coefficient (Wildman–Crippen LogP) is 26.8. The Bertz CT molecular complexity index is 6870. The average Bonchev–Trinajstić information content (AvgIpc) is 1.57. The van der Waals surface area contributed by atoms with Gasteiger partial charge in [0.15, 0.2) is 0 Å². The first kappa shape index (κ1) is 106. The van der Waals surface area contributed by atoms with Crippen molar-refractivity contribution >= 4 is 183 Å². The Labute approximate surface area is 839 Å². The van der Waals surface area contributed by atoms with E-state index in [-0.39, 0.29) is 128 Å². The Balaban J connectivity index is 0.000000149. The summed E-state index contributed by atoms with van der Waals surface area (Å²) in [7, 11) is 6.81. The molecule has 0 N–H and O–H groups in total. The van der Waals surface area contributed by atoms with Crippen LogP contribution in [0.4, 0.5) is 52.7 Å². The maximum absolute atomic E-state index is 13.3. The fourth-order valence-electron chi connectivity index (χ4n) is 19.9. The molecule has 1 aliphatic carbocycles. The van der Waals surface area contributed by atoms with Gasteiger partial charge in [-0.1, -0.05) is 92.8 Å². The van der Waals surface area contributed by atoms with Gasteiger partial charge in [0.1, 0.15) is 23.1 Å². The SMILES string of the molecule is CC(=O)C1(C)CN(C(=O)c2ccc(Cl)c(Cc3cc4c(C)cc(C(F)(F)F)cc4n3C)c2Cl)C1.CC(=O)C1[C@H]2CN(C(=O)c3ccc(Cl)c(Cc4cc5c(C)cc(C(F)(F)F)cc5n4C)c3Cl)C[C@@H]12.CC(=O)CC1CCN(C(=O)c2ccc(Cl)c(Cc3cc4c(C)cc(C(F)(F)F)cc4n3C)c2Cl)C1.CC(=O)CC1CCN(C(=O)c2ccc(Cl)c(Cc3cc4c(C)cc(C(F)(F)F)cc4n3C)c2Cl)CC1. The lowest BCUT2D eigenvalue weighted by atomic mass is 9.78. The van der Waals surface area contributed by atoms with Crippen molar-refractivity contribution < 1.29 is 91.0 Å². The van der Waals surface area contributed by atoms with Crippen LogP contribution in [0.5, 0.6) is 0 Å². The van der Waals surface area contributed by atoms with E-state index in [1.165, 1.54) is 6.92 Å². The predicted molar refractivity (Wildman–Crippen MR) is 523 cm³/mol. The molecule has 1 saturated carbocycles. The smallest absolute Gasteiger partial charge is 0.347 e. The van der Waals surface area contributed by atoms with Crippen LogP contribution in [-0.2, 0) is 97.8 Å². The summed E-state index contributed by atoms with van der Waals surface area (Å²) in [5.41, 5.74) is 6.87. The number of hydrogen-bond acceptors (Lipinski definition) is 8. The number of nitrogens with zero attached hydrogens (tertiary/aromatic N) is 8. The number of alkyl halides is 12. The highest BCUT2D eigenvalue weighted by molar-refractivity contribution is 6.40. The summed E-state index contributed by atoms with van der Waals surface area (Å²) >= 11 is 52.5. The van der Waals surface area contributed by atoms with Crippen molar-refractivity contribution in [3.8, 4) is 0 Å². The van der Waals surface area contributed by atoms with Crippen LogP contribution in [0.1, 0.15) is 198 Å². The topological polar surface area (TPSA) is 169 Å². The molecule has 0 bridgehead atoms. The molecular formula is C104H98Cl8F12N8O8. The van der Waals surface area contributed by atoms with Crippen LogP contribution in [0.15, 0.2) is 121 Å². The van der Waals surface area contributed by atoms with Crippen molar-refractivity contribution in [2.24, 2.45) is 63.2 Å². The molecule has 0 radical (unpaired) electrons. The molecule has 4 aliphatic heterocycles. The lowest BCUT2D eigenvalue weighted by Crippen LogP contribution is -2.60. The number of piperidine rings is 2. The molecule has 12 aromatic rings. The Kier molecular flexibility index (Phi) is 30.7. The van der Waals surface area contributed by atoms with E-state index >= 15 is 0 Å². The van der Waals surface area contributed by atoms with Gasteiger partial charge in [-0.15, -0.1) is 0 Å². The zero-order valence-corrected chi connectivity index (χ0v) is 84.4. The number of likely N-dealkylation sites (tertiary alicyclic amines) is 4. The van der Waals surface area contributed by atoms with E-state index in [1.807, 2.05) is 31.2 Å². The summed E-state index contributed by atoms with van der Waals surface area (Å²) in [4.78, 5) is 106. The molecular weight excluding hydrogens is 2000 g/mol. The lowest BCUT2D eigenvalue weighted by molar-refractivity contribution is -0.138. The Morgan fingerprint density at radius 2 is 0.600 bits per heavy atom. The van der Waals surface area contributed by atoms with E-state index in [0.29, 0.717) is 196 Å². The molecule has 8 heterocycles. The second kappa shape index (κ2) is 40.6. The summed E-state index contributed by atoms with van der Waals surface area (Å²) in [5, 5.41) is 5.26. The van der Waals surface area contributed by atoms with Gasteiger partial charge in [-0.05, 0) is 271 Å². The number of rotatable bonds is 18. The highest BCUT2D eigenvalue weighted by Gasteiger charge is 2.59. The van der Waals surface area contributed by atoms with Crippen molar-refractivity contribution in [1.82, 2.24) is 37.9 Å². The lowest BCUT2D eigenvalue weighted by Gasteiger charge is -2.46. The van der Waals surface area contributed by atoms with Gasteiger partial charge in [-0.3, -0.25) is 28.8 Å². The number of benzene rings is 8. The van der Waals surface area contributed by atoms with Crippen molar-refractivity contribution in [3.05, 3.63) is 273 Å². The minimum Gasteiger partial charge on any atom is -0.347 e. The third-order valence-corrected chi connectivity index (χ3v) is 31.2. The van der Waals surface area contributed by atoms with Gasteiger partial charge in [0, 0.05) is 211 Å². The van der Waals surface area contributed by atoms with E-state index in [1.54, 1.807) is 163 Å². The summed E-state index contributed by atoms with van der Waals surface area (Å²) < 4.78 is 167. The number of carbonyl (C=O) groups excluding carboxylic acids is 8. The quantitative estimate of drug-likeness (QED) is 0.0765. The van der Waals surface area contributed by atoms with Crippen LogP contribution >= 0.6 is 92.8 Å². The number of carbonyl (C=O) groups is 8. The molecule has 36 heteroatoms. The molecule has 4 saturated heterocycles. The second-order valence-electron chi connectivity index (χ2n) is 37.8. The molecule has 8 aromatic carbocycles. The van der Waals surface area contributed by atoms with Crippen molar-refractivity contribution in [1.29, 1.82) is 0 Å². The molecule has 0 spiro atoms. The first-order valence-electron chi connectivity index (χ1n) is 45.0. The largest absolute Gasteiger partial charge is 0.416 e. The molecule has 2 unspecified atom stereocenters. The molecule has 16 nitrogen and oxygen atoms in total. The molecule has 4 aromatic heterocycles. The molecule has 17 rings (SSSR count). The summed E-state index contributed by atoms with van der Waals surface area (Å²) in [6.07, 6.45) is -13.5. The number of hydrogen-bond donors (Lipinski definition) is 0. The minimum absolute atomic E-state index is 0.0270. The maximum atomic E-state index is 13.3. The third kappa shape index (κ3) is 21.9. The fourth-order valence-corrected chi connectivity index (χ4v) is 22.2. The monoisotopic (exact) mass is 2090 g/mol. The van der Waals surface area contributed by atoms with Crippen LogP contribution in [-0.4, -0.2) is 137 Å². The number of halogens is 20. The number of ketones is 4. The Morgan fingerprint density at radius 1 is 0.343 bits per heavy atom. The van der Waals surface area contributed by atoms with E-state index in [0.717, 1.165) is 84.9 Å². The van der Waals surface area contributed by atoms with E-state index < -0.39 is 52.4 Å². The van der Waals surface area contributed by atoms with Crippen molar-refractivity contribution in [3.63, 3.8) is 0 Å². The van der Waals surface area contributed by atoms with E-state index in [4.69, 9.17) is 92.8 Å². The van der Waals surface area contributed by atoms with Gasteiger partial charge in [-0.25, -0.2) is 0 Å². The fraction of sp³-hybridized carbons (Fsp3) is 0.385. The van der Waals surface area contributed by atoms with Crippen LogP contribution in [0.2, 0.25) is 40.2 Å². The van der Waals surface area contributed by atoms with E-state index in [2.05, 4.69) is 0 Å². The Morgan fingerprint density at radius 3 is 0.871 bits per heavy atom. The average molecular weight is 2100 g/mol. The van der Waals surface area contributed by atoms with Gasteiger partial charge in [0.05, 0.1) is 70.0 Å². The second-order valence-corrected chi connectivity index (χ2v) is 41.0. The molecule has 742 valence electrons. The highest BCUT2D eigenvalue weighted by atomic mass is 35.5.